The van der Waals surface area contributed by atoms with Crippen LogP contribution in [-0.4, -0.2) is 59.9 Å². The maximum atomic E-state index is 13.6. The molecular weight excluding hydrogens is 295 g/mol. The number of anilines is 2. The molecule has 1 saturated heterocycles. The van der Waals surface area contributed by atoms with Crippen LogP contribution in [0.3, 0.4) is 0 Å². The fourth-order valence-corrected chi connectivity index (χ4v) is 2.57. The van der Waals surface area contributed by atoms with Crippen molar-refractivity contribution < 1.29 is 4.39 Å². The lowest BCUT2D eigenvalue weighted by atomic mass is 10.1. The highest BCUT2D eigenvalue weighted by Gasteiger charge is 2.16. The van der Waals surface area contributed by atoms with Crippen LogP contribution in [0.4, 0.5) is 16.2 Å². The molecule has 1 aliphatic rings. The summed E-state index contributed by atoms with van der Waals surface area (Å²) in [5.41, 5.74) is 0.684. The quantitative estimate of drug-likeness (QED) is 0.900. The van der Waals surface area contributed by atoms with Gasteiger partial charge < -0.3 is 15.1 Å². The molecule has 0 atom stereocenters. The van der Waals surface area contributed by atoms with Gasteiger partial charge in [-0.15, -0.1) is 5.10 Å². The molecular formula is C16H21FN6. The monoisotopic (exact) mass is 316 g/mol. The number of hydrogen-bond acceptors (Lipinski definition) is 6. The van der Waals surface area contributed by atoms with E-state index < -0.39 is 0 Å². The fraction of sp³-hybridized carbons (Fsp3) is 0.438. The Morgan fingerprint density at radius 3 is 2.74 bits per heavy atom. The van der Waals surface area contributed by atoms with Gasteiger partial charge in [0.1, 0.15) is 5.82 Å². The van der Waals surface area contributed by atoms with Crippen molar-refractivity contribution in [1.29, 1.82) is 0 Å². The first kappa shape index (κ1) is 15.6. The lowest BCUT2D eigenvalue weighted by Crippen LogP contribution is -2.44. The van der Waals surface area contributed by atoms with Gasteiger partial charge in [0, 0.05) is 32.7 Å². The summed E-state index contributed by atoms with van der Waals surface area (Å²) in [4.78, 5) is 9.00. The van der Waals surface area contributed by atoms with Gasteiger partial charge in [-0.05, 0) is 25.1 Å². The van der Waals surface area contributed by atoms with Crippen LogP contribution in [0.2, 0.25) is 0 Å². The third-order valence-electron chi connectivity index (χ3n) is 4.01. The fourth-order valence-electron chi connectivity index (χ4n) is 2.57. The van der Waals surface area contributed by atoms with E-state index in [0.717, 1.165) is 32.0 Å². The van der Waals surface area contributed by atoms with E-state index >= 15 is 0 Å². The average molecular weight is 316 g/mol. The summed E-state index contributed by atoms with van der Waals surface area (Å²) in [6.07, 6.45) is 2.27. The lowest BCUT2D eigenvalue weighted by molar-refractivity contribution is 0.312. The molecule has 1 aliphatic heterocycles. The topological polar surface area (TPSA) is 57.2 Å². The molecule has 0 radical (unpaired) electrons. The van der Waals surface area contributed by atoms with Gasteiger partial charge in [0.2, 0.25) is 5.95 Å². The van der Waals surface area contributed by atoms with Crippen molar-refractivity contribution in [3.63, 3.8) is 0 Å². The lowest BCUT2D eigenvalue weighted by Gasteiger charge is -2.32. The summed E-state index contributed by atoms with van der Waals surface area (Å²) in [5, 5.41) is 11.1. The molecule has 2 heterocycles. The predicted molar refractivity (Wildman–Crippen MR) is 88.1 cm³/mol. The van der Waals surface area contributed by atoms with Crippen molar-refractivity contribution in [2.24, 2.45) is 0 Å². The number of piperazine rings is 1. The number of nitrogens with zero attached hydrogens (tertiary/aromatic N) is 5. The van der Waals surface area contributed by atoms with E-state index in [1.807, 2.05) is 6.07 Å². The van der Waals surface area contributed by atoms with Gasteiger partial charge in [0.15, 0.2) is 5.82 Å². The highest BCUT2D eigenvalue weighted by Crippen LogP contribution is 2.13. The van der Waals surface area contributed by atoms with E-state index in [9.17, 15) is 4.39 Å². The van der Waals surface area contributed by atoms with Gasteiger partial charge in [0.05, 0.1) is 6.20 Å². The molecule has 0 amide bonds. The summed E-state index contributed by atoms with van der Waals surface area (Å²) in [7, 11) is 2.12. The molecule has 0 saturated carbocycles. The molecule has 23 heavy (non-hydrogen) atoms. The molecule has 0 bridgehead atoms. The Morgan fingerprint density at radius 1 is 1.17 bits per heavy atom. The number of likely N-dealkylation sites (N-methyl/N-ethyl adjacent to an activating group) is 1. The van der Waals surface area contributed by atoms with E-state index in [2.05, 4.69) is 37.3 Å². The SMILES string of the molecule is CN1CCN(c2cnnc(NCCc3ccccc3F)n2)CC1. The predicted octanol–water partition coefficient (Wildman–Crippen LogP) is 1.42. The van der Waals surface area contributed by atoms with E-state index in [0.29, 0.717) is 24.5 Å². The average Bonchev–Trinajstić information content (AvgIpc) is 2.58. The number of rotatable bonds is 5. The number of halogens is 1. The Morgan fingerprint density at radius 2 is 1.96 bits per heavy atom. The maximum absolute atomic E-state index is 13.6. The zero-order valence-corrected chi connectivity index (χ0v) is 13.2. The second-order valence-corrected chi connectivity index (χ2v) is 5.70. The van der Waals surface area contributed by atoms with E-state index in [1.165, 1.54) is 6.07 Å². The van der Waals surface area contributed by atoms with Gasteiger partial charge in [0.25, 0.3) is 0 Å². The number of nitrogens with one attached hydrogen (secondary N) is 1. The Balaban J connectivity index is 1.56. The normalized spacial score (nSPS) is 15.7. The Hall–Kier alpha value is -2.28. The van der Waals surface area contributed by atoms with E-state index in [1.54, 1.807) is 18.3 Å². The molecule has 1 fully saturated rings. The molecule has 122 valence electrons. The van der Waals surface area contributed by atoms with E-state index in [-0.39, 0.29) is 5.82 Å². The van der Waals surface area contributed by atoms with Crippen LogP contribution in [0.5, 0.6) is 0 Å². The summed E-state index contributed by atoms with van der Waals surface area (Å²) in [6.45, 7) is 4.46. The van der Waals surface area contributed by atoms with Crippen LogP contribution in [0.1, 0.15) is 5.56 Å². The molecule has 6 nitrogen and oxygen atoms in total. The summed E-state index contributed by atoms with van der Waals surface area (Å²) in [5.74, 6) is 1.14. The van der Waals surface area contributed by atoms with Gasteiger partial charge >= 0.3 is 0 Å². The summed E-state index contributed by atoms with van der Waals surface area (Å²) >= 11 is 0. The van der Waals surface area contributed by atoms with Gasteiger partial charge in [-0.3, -0.25) is 0 Å². The summed E-state index contributed by atoms with van der Waals surface area (Å²) in [6, 6.07) is 6.79. The molecule has 0 unspecified atom stereocenters. The van der Waals surface area contributed by atoms with E-state index in [4.69, 9.17) is 0 Å². The van der Waals surface area contributed by atoms with Gasteiger partial charge in [-0.1, -0.05) is 18.2 Å². The highest BCUT2D eigenvalue weighted by molar-refractivity contribution is 5.40. The first-order chi connectivity index (χ1) is 11.2. The zero-order valence-electron chi connectivity index (χ0n) is 13.2. The summed E-state index contributed by atoms with van der Waals surface area (Å²) < 4.78 is 13.6. The van der Waals surface area contributed by atoms with Crippen LogP contribution < -0.4 is 10.2 Å². The van der Waals surface area contributed by atoms with Crippen LogP contribution in [0, 0.1) is 5.82 Å². The Kier molecular flexibility index (Phi) is 4.97. The van der Waals surface area contributed by atoms with Crippen molar-refractivity contribution >= 4 is 11.8 Å². The Bertz CT molecular complexity index is 642. The first-order valence-corrected chi connectivity index (χ1v) is 7.83. The molecule has 2 aromatic rings. The van der Waals surface area contributed by atoms with Crippen LogP contribution in [0.25, 0.3) is 0 Å². The third-order valence-corrected chi connectivity index (χ3v) is 4.01. The third kappa shape index (κ3) is 4.13. The van der Waals surface area contributed by atoms with Crippen molar-refractivity contribution in [1.82, 2.24) is 20.1 Å². The highest BCUT2D eigenvalue weighted by atomic mass is 19.1. The van der Waals surface area contributed by atoms with Gasteiger partial charge in [-0.2, -0.15) is 10.1 Å². The standard InChI is InChI=1S/C16H21FN6/c1-22-8-10-23(11-9-22)15-12-19-21-16(20-15)18-7-6-13-4-2-3-5-14(13)17/h2-5,12H,6-11H2,1H3,(H,18,20,21). The van der Waals surface area contributed by atoms with Crippen LogP contribution in [0.15, 0.2) is 30.5 Å². The second kappa shape index (κ2) is 7.32. The van der Waals surface area contributed by atoms with Crippen molar-refractivity contribution in [2.45, 2.75) is 6.42 Å². The van der Waals surface area contributed by atoms with Crippen molar-refractivity contribution in [3.8, 4) is 0 Å². The first-order valence-electron chi connectivity index (χ1n) is 7.83. The molecule has 1 aromatic heterocycles. The van der Waals surface area contributed by atoms with Crippen LogP contribution >= 0.6 is 0 Å². The minimum atomic E-state index is -0.181. The largest absolute Gasteiger partial charge is 0.353 e. The van der Waals surface area contributed by atoms with Crippen molar-refractivity contribution in [3.05, 3.63) is 41.8 Å². The zero-order chi connectivity index (χ0) is 16.1. The molecule has 3 rings (SSSR count). The van der Waals surface area contributed by atoms with Crippen molar-refractivity contribution in [2.75, 3.05) is 50.0 Å². The minimum Gasteiger partial charge on any atom is -0.353 e. The number of benzene rings is 1. The smallest absolute Gasteiger partial charge is 0.244 e. The molecule has 0 spiro atoms. The second-order valence-electron chi connectivity index (χ2n) is 5.70. The van der Waals surface area contributed by atoms with Gasteiger partial charge in [-0.25, -0.2) is 4.39 Å². The minimum absolute atomic E-state index is 0.181. The number of aromatic nitrogens is 3. The Labute approximate surface area is 135 Å². The molecule has 0 aliphatic carbocycles. The molecule has 7 heteroatoms. The molecule has 1 N–H and O–H groups in total. The number of hydrogen-bond donors (Lipinski definition) is 1. The maximum Gasteiger partial charge on any atom is 0.244 e. The van der Waals surface area contributed by atoms with Crippen LogP contribution in [-0.2, 0) is 6.42 Å². The molecule has 1 aromatic carbocycles.